The Morgan fingerprint density at radius 3 is 2.60 bits per heavy atom. The number of methoxy groups -OCH3 is 1. The number of aryl methyl sites for hydroxylation is 2. The molecule has 3 rings (SSSR count). The van der Waals surface area contributed by atoms with Crippen LogP contribution in [0.5, 0.6) is 0 Å². The number of thiazole rings is 1. The summed E-state index contributed by atoms with van der Waals surface area (Å²) in [6.45, 7) is 4.12. The number of nitrogens with zero attached hydrogens (tertiary/aromatic N) is 2. The highest BCUT2D eigenvalue weighted by atomic mass is 32.2. The van der Waals surface area contributed by atoms with Gasteiger partial charge in [0.25, 0.3) is 0 Å². The highest BCUT2D eigenvalue weighted by molar-refractivity contribution is 7.98. The molecule has 5 nitrogen and oxygen atoms in total. The summed E-state index contributed by atoms with van der Waals surface area (Å²) in [4.78, 5) is 29.2. The fourth-order valence-electron chi connectivity index (χ4n) is 3.01. The lowest BCUT2D eigenvalue weighted by atomic mass is 10.1. The van der Waals surface area contributed by atoms with Crippen LogP contribution in [0, 0.1) is 13.8 Å². The summed E-state index contributed by atoms with van der Waals surface area (Å²) in [5.74, 6) is 1.33. The quantitative estimate of drug-likeness (QED) is 0.377. The Balaban J connectivity index is 1.69. The van der Waals surface area contributed by atoms with Crippen LogP contribution in [-0.4, -0.2) is 29.3 Å². The van der Waals surface area contributed by atoms with Crippen molar-refractivity contribution in [1.29, 1.82) is 0 Å². The first-order valence-electron chi connectivity index (χ1n) is 9.84. The molecule has 0 bridgehead atoms. The molecule has 0 atom stereocenters. The molecule has 0 N–H and O–H groups in total. The van der Waals surface area contributed by atoms with Crippen molar-refractivity contribution >= 4 is 45.2 Å². The summed E-state index contributed by atoms with van der Waals surface area (Å²) < 4.78 is 7.61. The van der Waals surface area contributed by atoms with Crippen LogP contribution in [0.25, 0.3) is 10.2 Å². The molecular weight excluding hydrogens is 416 g/mol. The monoisotopic (exact) mass is 442 g/mol. The lowest BCUT2D eigenvalue weighted by Crippen LogP contribution is -2.22. The first kappa shape index (κ1) is 22.3. The standard InChI is InChI=1S/C23H26N2O3S2/c1-16-12-19-20(13-17(16)2)30-23(25(19)14-22(27)28-3)24-21(26)10-7-11-29-15-18-8-5-4-6-9-18/h4-6,8-9,12-13H,7,10-11,14-15H2,1-3H3. The van der Waals surface area contributed by atoms with E-state index in [1.807, 2.05) is 49.9 Å². The summed E-state index contributed by atoms with van der Waals surface area (Å²) in [6, 6.07) is 14.4. The molecule has 0 spiro atoms. The number of carbonyl (C=O) groups is 2. The van der Waals surface area contributed by atoms with Crippen LogP contribution in [0.4, 0.5) is 0 Å². The van der Waals surface area contributed by atoms with Crippen molar-refractivity contribution in [2.75, 3.05) is 12.9 Å². The van der Waals surface area contributed by atoms with E-state index in [1.165, 1.54) is 29.6 Å². The maximum absolute atomic E-state index is 12.5. The number of carbonyl (C=O) groups excluding carboxylic acids is 2. The minimum absolute atomic E-state index is 0.0397. The minimum Gasteiger partial charge on any atom is -0.468 e. The molecule has 30 heavy (non-hydrogen) atoms. The zero-order chi connectivity index (χ0) is 21.5. The van der Waals surface area contributed by atoms with E-state index in [2.05, 4.69) is 23.2 Å². The van der Waals surface area contributed by atoms with Crippen molar-refractivity contribution in [3.8, 4) is 0 Å². The van der Waals surface area contributed by atoms with Crippen LogP contribution >= 0.6 is 23.1 Å². The van der Waals surface area contributed by atoms with Gasteiger partial charge in [-0.05, 0) is 54.8 Å². The molecule has 0 aliphatic carbocycles. The van der Waals surface area contributed by atoms with Gasteiger partial charge in [0.15, 0.2) is 4.80 Å². The van der Waals surface area contributed by atoms with Crippen molar-refractivity contribution in [2.45, 2.75) is 39.0 Å². The second-order valence-corrected chi connectivity index (χ2v) is 9.21. The van der Waals surface area contributed by atoms with Gasteiger partial charge in [-0.25, -0.2) is 0 Å². The molecule has 0 fully saturated rings. The van der Waals surface area contributed by atoms with Gasteiger partial charge in [0.1, 0.15) is 6.54 Å². The maximum Gasteiger partial charge on any atom is 0.325 e. The van der Waals surface area contributed by atoms with Gasteiger partial charge in [-0.2, -0.15) is 16.8 Å². The van der Waals surface area contributed by atoms with Crippen LogP contribution in [0.15, 0.2) is 47.5 Å². The average Bonchev–Trinajstić information content (AvgIpc) is 3.04. The number of rotatable bonds is 8. The SMILES string of the molecule is COC(=O)Cn1c(=NC(=O)CCCSCc2ccccc2)sc2cc(C)c(C)cc21. The van der Waals surface area contributed by atoms with Crippen molar-refractivity contribution in [2.24, 2.45) is 4.99 Å². The summed E-state index contributed by atoms with van der Waals surface area (Å²) >= 11 is 3.25. The number of esters is 1. The Bertz CT molecular complexity index is 1100. The fourth-order valence-corrected chi connectivity index (χ4v) is 5.05. The summed E-state index contributed by atoms with van der Waals surface area (Å²) in [5, 5.41) is 0. The van der Waals surface area contributed by atoms with E-state index >= 15 is 0 Å². The summed E-state index contributed by atoms with van der Waals surface area (Å²) in [6.07, 6.45) is 1.17. The molecule has 1 heterocycles. The van der Waals surface area contributed by atoms with Crippen LogP contribution in [-0.2, 0) is 26.6 Å². The highest BCUT2D eigenvalue weighted by Crippen LogP contribution is 2.22. The molecule has 0 saturated carbocycles. The van der Waals surface area contributed by atoms with Crippen LogP contribution in [0.3, 0.4) is 0 Å². The first-order chi connectivity index (χ1) is 14.5. The number of amides is 1. The molecule has 1 amide bonds. The van der Waals surface area contributed by atoms with E-state index in [4.69, 9.17) is 4.74 Å². The third kappa shape index (κ3) is 5.83. The Kier molecular flexibility index (Phi) is 7.87. The van der Waals surface area contributed by atoms with Crippen molar-refractivity contribution < 1.29 is 14.3 Å². The third-order valence-electron chi connectivity index (χ3n) is 4.82. The Morgan fingerprint density at radius 1 is 1.13 bits per heavy atom. The molecule has 1 aromatic heterocycles. The summed E-state index contributed by atoms with van der Waals surface area (Å²) in [7, 11) is 1.36. The van der Waals surface area contributed by atoms with Crippen molar-refractivity contribution in [3.05, 3.63) is 64.0 Å². The molecule has 0 aliphatic heterocycles. The third-order valence-corrected chi connectivity index (χ3v) is 6.98. The maximum atomic E-state index is 12.5. The minimum atomic E-state index is -0.362. The second-order valence-electron chi connectivity index (χ2n) is 7.10. The van der Waals surface area contributed by atoms with E-state index in [1.54, 1.807) is 4.57 Å². The molecule has 2 aromatic carbocycles. The van der Waals surface area contributed by atoms with Crippen molar-refractivity contribution in [1.82, 2.24) is 4.57 Å². The predicted octanol–water partition coefficient (Wildman–Crippen LogP) is 4.63. The summed E-state index contributed by atoms with van der Waals surface area (Å²) in [5.41, 5.74) is 4.49. The van der Waals surface area contributed by atoms with Gasteiger partial charge >= 0.3 is 5.97 Å². The predicted molar refractivity (Wildman–Crippen MR) is 124 cm³/mol. The lowest BCUT2D eigenvalue weighted by Gasteiger charge is -2.05. The Hall–Kier alpha value is -2.38. The average molecular weight is 443 g/mol. The van der Waals surface area contributed by atoms with E-state index in [-0.39, 0.29) is 18.4 Å². The van der Waals surface area contributed by atoms with E-state index in [0.717, 1.165) is 33.7 Å². The molecule has 158 valence electrons. The molecule has 0 unspecified atom stereocenters. The normalized spacial score (nSPS) is 11.8. The Morgan fingerprint density at radius 2 is 1.87 bits per heavy atom. The number of ether oxygens (including phenoxy) is 1. The smallest absolute Gasteiger partial charge is 0.325 e. The highest BCUT2D eigenvalue weighted by Gasteiger charge is 2.13. The van der Waals surface area contributed by atoms with Gasteiger partial charge < -0.3 is 9.30 Å². The van der Waals surface area contributed by atoms with Crippen LogP contribution < -0.4 is 4.80 Å². The van der Waals surface area contributed by atoms with E-state index in [9.17, 15) is 9.59 Å². The molecule has 3 aromatic rings. The topological polar surface area (TPSA) is 60.7 Å². The zero-order valence-electron chi connectivity index (χ0n) is 17.5. The molecular formula is C23H26N2O3S2. The molecule has 0 aliphatic rings. The first-order valence-corrected chi connectivity index (χ1v) is 11.8. The van der Waals surface area contributed by atoms with Crippen molar-refractivity contribution in [3.63, 3.8) is 0 Å². The van der Waals surface area contributed by atoms with Crippen LogP contribution in [0.1, 0.15) is 29.5 Å². The Labute approximate surface area is 184 Å². The van der Waals surface area contributed by atoms with Gasteiger partial charge in [-0.1, -0.05) is 41.7 Å². The van der Waals surface area contributed by atoms with E-state index < -0.39 is 0 Å². The number of hydrogen-bond acceptors (Lipinski definition) is 5. The van der Waals surface area contributed by atoms with Gasteiger partial charge in [0.2, 0.25) is 5.91 Å². The lowest BCUT2D eigenvalue weighted by molar-refractivity contribution is -0.141. The molecule has 7 heteroatoms. The number of hydrogen-bond donors (Lipinski definition) is 0. The number of fused-ring (bicyclic) bond motifs is 1. The second kappa shape index (κ2) is 10.6. The fraction of sp³-hybridized carbons (Fsp3) is 0.348. The van der Waals surface area contributed by atoms with Gasteiger partial charge in [-0.3, -0.25) is 9.59 Å². The van der Waals surface area contributed by atoms with Gasteiger partial charge in [0, 0.05) is 12.2 Å². The number of benzene rings is 2. The number of thioether (sulfide) groups is 1. The van der Waals surface area contributed by atoms with Gasteiger partial charge in [-0.15, -0.1) is 0 Å². The van der Waals surface area contributed by atoms with E-state index in [0.29, 0.717) is 11.2 Å². The zero-order valence-corrected chi connectivity index (χ0v) is 19.1. The molecule has 0 saturated heterocycles. The molecule has 0 radical (unpaired) electrons. The largest absolute Gasteiger partial charge is 0.468 e. The van der Waals surface area contributed by atoms with Gasteiger partial charge in [0.05, 0.1) is 17.3 Å². The number of aromatic nitrogens is 1. The van der Waals surface area contributed by atoms with Crippen LogP contribution in [0.2, 0.25) is 0 Å².